The molecule has 1 saturated carbocycles. The largest absolute Gasteiger partial charge is 0.392 e. The highest BCUT2D eigenvalue weighted by molar-refractivity contribution is 9.10. The highest BCUT2D eigenvalue weighted by atomic mass is 79.9. The zero-order chi connectivity index (χ0) is 17.7. The van der Waals surface area contributed by atoms with Gasteiger partial charge in [-0.2, -0.15) is 0 Å². The maximum absolute atomic E-state index is 11.6. The lowest BCUT2D eigenvalue weighted by Crippen LogP contribution is -2.49. The number of aliphatic hydroxyl groups is 1. The van der Waals surface area contributed by atoms with Crippen LogP contribution in [0.4, 0.5) is 11.4 Å². The number of nitro groups is 1. The van der Waals surface area contributed by atoms with Crippen molar-refractivity contribution in [2.24, 2.45) is 0 Å². The normalized spacial score (nSPS) is 20.5. The van der Waals surface area contributed by atoms with Gasteiger partial charge < -0.3 is 15.7 Å². The van der Waals surface area contributed by atoms with Gasteiger partial charge in [-0.25, -0.2) is 0 Å². The number of rotatable bonds is 6. The van der Waals surface area contributed by atoms with Crippen LogP contribution >= 0.6 is 27.5 Å². The molecule has 0 aliphatic heterocycles. The lowest BCUT2D eigenvalue weighted by molar-refractivity contribution is -0.384. The monoisotopic (exact) mass is 419 g/mol. The van der Waals surface area contributed by atoms with Gasteiger partial charge in [0.25, 0.3) is 5.69 Å². The van der Waals surface area contributed by atoms with Crippen molar-refractivity contribution in [2.75, 3.05) is 11.2 Å². The molecule has 2 rings (SSSR count). The zero-order valence-corrected chi connectivity index (χ0v) is 15.3. The molecule has 1 aromatic carbocycles. The molecule has 0 saturated heterocycles. The van der Waals surface area contributed by atoms with Crippen molar-refractivity contribution in [3.05, 3.63) is 32.3 Å². The molecule has 0 heterocycles. The Kier molecular flexibility index (Phi) is 6.82. The van der Waals surface area contributed by atoms with Crippen LogP contribution in [0.25, 0.3) is 0 Å². The highest BCUT2D eigenvalue weighted by Crippen LogP contribution is 2.34. The Labute approximate surface area is 153 Å². The van der Waals surface area contributed by atoms with Gasteiger partial charge >= 0.3 is 0 Å². The van der Waals surface area contributed by atoms with E-state index in [1.54, 1.807) is 6.07 Å². The average molecular weight is 421 g/mol. The number of anilines is 1. The number of amides is 1. The van der Waals surface area contributed by atoms with E-state index >= 15 is 0 Å². The van der Waals surface area contributed by atoms with Crippen LogP contribution in [0.5, 0.6) is 0 Å². The van der Waals surface area contributed by atoms with Gasteiger partial charge in [-0.3, -0.25) is 14.9 Å². The quantitative estimate of drug-likeness (QED) is 0.373. The highest BCUT2D eigenvalue weighted by Gasteiger charge is 2.29. The Morgan fingerprint density at radius 1 is 1.38 bits per heavy atom. The standard InChI is InChI=1S/C15H19BrClN3O4/c16-10-5-9(8-21)15(13(6-10)20(23)24)19-12-4-2-1-3-11(12)18-14(22)7-17/h5-6,11-12,19,21H,1-4,7-8H2,(H,18,22)/t11-,12+/m0/s1. The summed E-state index contributed by atoms with van der Waals surface area (Å²) in [5.74, 6) is -0.383. The third-order valence-corrected chi connectivity index (χ3v) is 4.80. The van der Waals surface area contributed by atoms with Crippen LogP contribution in [0, 0.1) is 10.1 Å². The molecule has 0 bridgehead atoms. The third kappa shape index (κ3) is 4.58. The average Bonchev–Trinajstić information content (AvgIpc) is 2.57. The topological polar surface area (TPSA) is 104 Å². The van der Waals surface area contributed by atoms with E-state index in [4.69, 9.17) is 11.6 Å². The molecule has 1 amide bonds. The molecular weight excluding hydrogens is 402 g/mol. The van der Waals surface area contributed by atoms with Gasteiger partial charge in [0.1, 0.15) is 11.6 Å². The summed E-state index contributed by atoms with van der Waals surface area (Å²) in [5, 5.41) is 27.0. The van der Waals surface area contributed by atoms with Crippen molar-refractivity contribution in [1.82, 2.24) is 5.32 Å². The van der Waals surface area contributed by atoms with E-state index in [9.17, 15) is 20.0 Å². The molecule has 1 aliphatic carbocycles. The smallest absolute Gasteiger partial charge is 0.293 e. The summed E-state index contributed by atoms with van der Waals surface area (Å²) in [6, 6.07) is 2.73. The van der Waals surface area contributed by atoms with Crippen LogP contribution in [0.1, 0.15) is 31.2 Å². The second kappa shape index (κ2) is 8.64. The van der Waals surface area contributed by atoms with Crippen LogP contribution in [0.2, 0.25) is 0 Å². The number of nitro benzene ring substituents is 1. The Balaban J connectivity index is 2.30. The Hall–Kier alpha value is -1.38. The number of carbonyl (C=O) groups is 1. The molecule has 2 atom stereocenters. The fourth-order valence-corrected chi connectivity index (χ4v) is 3.56. The number of hydrogen-bond acceptors (Lipinski definition) is 5. The first-order valence-corrected chi connectivity index (χ1v) is 8.98. The van der Waals surface area contributed by atoms with Crippen LogP contribution in [0.3, 0.4) is 0 Å². The molecule has 24 heavy (non-hydrogen) atoms. The number of nitrogens with zero attached hydrogens (tertiary/aromatic N) is 1. The van der Waals surface area contributed by atoms with Gasteiger partial charge in [-0.05, 0) is 18.9 Å². The van der Waals surface area contributed by atoms with Crippen molar-refractivity contribution in [2.45, 2.75) is 44.4 Å². The summed E-state index contributed by atoms with van der Waals surface area (Å²) in [6.45, 7) is -0.325. The van der Waals surface area contributed by atoms with Crippen molar-refractivity contribution in [1.29, 1.82) is 0 Å². The van der Waals surface area contributed by atoms with Crippen molar-refractivity contribution in [3.8, 4) is 0 Å². The first kappa shape index (κ1) is 19.0. The lowest BCUT2D eigenvalue weighted by Gasteiger charge is -2.33. The molecule has 0 spiro atoms. The minimum Gasteiger partial charge on any atom is -0.392 e. The second-order valence-electron chi connectivity index (χ2n) is 5.72. The Morgan fingerprint density at radius 3 is 2.62 bits per heavy atom. The van der Waals surface area contributed by atoms with Crippen LogP contribution < -0.4 is 10.6 Å². The van der Waals surface area contributed by atoms with E-state index in [0.717, 1.165) is 25.7 Å². The number of nitrogens with one attached hydrogen (secondary N) is 2. The van der Waals surface area contributed by atoms with E-state index in [2.05, 4.69) is 26.6 Å². The maximum atomic E-state index is 11.6. The molecule has 0 unspecified atom stereocenters. The number of benzene rings is 1. The van der Waals surface area contributed by atoms with E-state index in [1.165, 1.54) is 6.07 Å². The molecule has 0 aromatic heterocycles. The van der Waals surface area contributed by atoms with Gasteiger partial charge in [-0.1, -0.05) is 28.8 Å². The predicted molar refractivity (Wildman–Crippen MR) is 95.2 cm³/mol. The number of halogens is 2. The lowest BCUT2D eigenvalue weighted by atomic mass is 9.89. The number of alkyl halides is 1. The summed E-state index contributed by atoms with van der Waals surface area (Å²) in [4.78, 5) is 22.5. The number of aliphatic hydroxyl groups excluding tert-OH is 1. The zero-order valence-electron chi connectivity index (χ0n) is 12.9. The number of carbonyl (C=O) groups excluding carboxylic acids is 1. The molecular formula is C15H19BrClN3O4. The van der Waals surface area contributed by atoms with Crippen molar-refractivity contribution < 1.29 is 14.8 Å². The molecule has 0 radical (unpaired) electrons. The second-order valence-corrected chi connectivity index (χ2v) is 6.90. The number of hydrogen-bond donors (Lipinski definition) is 3. The molecule has 1 fully saturated rings. The molecule has 1 aliphatic rings. The Bertz CT molecular complexity index is 629. The first-order valence-electron chi connectivity index (χ1n) is 7.65. The molecule has 3 N–H and O–H groups in total. The van der Waals surface area contributed by atoms with Crippen LogP contribution in [-0.2, 0) is 11.4 Å². The molecule has 7 nitrogen and oxygen atoms in total. The summed E-state index contributed by atoms with van der Waals surface area (Å²) >= 11 is 8.77. The SMILES string of the molecule is O=C(CCl)N[C@H]1CCCC[C@H]1Nc1c(CO)cc(Br)cc1[N+](=O)[O-]. The van der Waals surface area contributed by atoms with Gasteiger partial charge in [0.2, 0.25) is 5.91 Å². The van der Waals surface area contributed by atoms with Gasteiger partial charge in [0, 0.05) is 28.2 Å². The summed E-state index contributed by atoms with van der Waals surface area (Å²) in [5.41, 5.74) is 0.619. The Morgan fingerprint density at radius 2 is 2.04 bits per heavy atom. The molecule has 132 valence electrons. The predicted octanol–water partition coefficient (Wildman–Crippen LogP) is 2.93. The van der Waals surface area contributed by atoms with E-state index < -0.39 is 4.92 Å². The fraction of sp³-hybridized carbons (Fsp3) is 0.533. The van der Waals surface area contributed by atoms with Gasteiger partial charge in [0.05, 0.1) is 11.5 Å². The van der Waals surface area contributed by atoms with Crippen molar-refractivity contribution in [3.63, 3.8) is 0 Å². The summed E-state index contributed by atoms with van der Waals surface area (Å²) < 4.78 is 0.527. The third-order valence-electron chi connectivity index (χ3n) is 4.09. The fourth-order valence-electron chi connectivity index (χ4n) is 2.99. The van der Waals surface area contributed by atoms with Gasteiger partial charge in [0.15, 0.2) is 0 Å². The van der Waals surface area contributed by atoms with Crippen molar-refractivity contribution >= 4 is 44.8 Å². The van der Waals surface area contributed by atoms with E-state index in [0.29, 0.717) is 15.7 Å². The van der Waals surface area contributed by atoms with Gasteiger partial charge in [-0.15, -0.1) is 11.6 Å². The minimum absolute atomic E-state index is 0.110. The van der Waals surface area contributed by atoms with Crippen LogP contribution in [-0.4, -0.2) is 33.9 Å². The minimum atomic E-state index is -0.485. The maximum Gasteiger partial charge on any atom is 0.293 e. The molecule has 1 aromatic rings. The van der Waals surface area contributed by atoms with E-state index in [1.807, 2.05) is 0 Å². The summed E-state index contributed by atoms with van der Waals surface area (Å²) in [7, 11) is 0. The first-order chi connectivity index (χ1) is 11.5. The van der Waals surface area contributed by atoms with E-state index in [-0.39, 0.29) is 36.2 Å². The molecule has 9 heteroatoms. The van der Waals surface area contributed by atoms with Crippen LogP contribution in [0.15, 0.2) is 16.6 Å². The summed E-state index contributed by atoms with van der Waals surface area (Å²) in [6.07, 6.45) is 3.48.